The summed E-state index contributed by atoms with van der Waals surface area (Å²) in [5.41, 5.74) is 0.869. The first-order valence-corrected chi connectivity index (χ1v) is 8.77. The average Bonchev–Trinajstić information content (AvgIpc) is 2.63. The first-order chi connectivity index (χ1) is 12.1. The zero-order chi connectivity index (χ0) is 18.4. The molecule has 0 aliphatic carbocycles. The molecule has 25 heavy (non-hydrogen) atoms. The molecule has 1 aliphatic heterocycles. The van der Waals surface area contributed by atoms with E-state index in [0.717, 1.165) is 38.2 Å². The molecule has 0 saturated carbocycles. The third kappa shape index (κ3) is 4.17. The van der Waals surface area contributed by atoms with Crippen LogP contribution in [-0.2, 0) is 0 Å². The predicted octanol–water partition coefficient (Wildman–Crippen LogP) is 2.69. The summed E-state index contributed by atoms with van der Waals surface area (Å²) in [4.78, 5) is 4.72. The highest BCUT2D eigenvalue weighted by molar-refractivity contribution is 5.55. The maximum Gasteiger partial charge on any atom is 0.203 e. The van der Waals surface area contributed by atoms with Crippen molar-refractivity contribution in [2.45, 2.75) is 32.4 Å². The molecule has 6 nitrogen and oxygen atoms in total. The van der Waals surface area contributed by atoms with Crippen molar-refractivity contribution in [1.82, 2.24) is 9.80 Å². The third-order valence-electron chi connectivity index (χ3n) is 4.80. The van der Waals surface area contributed by atoms with Crippen molar-refractivity contribution in [2.75, 3.05) is 47.5 Å². The molecule has 1 heterocycles. The lowest BCUT2D eigenvalue weighted by atomic mass is 10.0. The molecule has 0 aromatic heterocycles. The van der Waals surface area contributed by atoms with E-state index in [1.807, 2.05) is 12.1 Å². The molecule has 2 atom stereocenters. The highest BCUT2D eigenvalue weighted by Gasteiger charge is 2.30. The SMILES string of the molecule is CCCN1CCN(C(C#N)c2cc(OC)c(OC)c(OC)c2)CC1C. The summed E-state index contributed by atoms with van der Waals surface area (Å²) in [6, 6.07) is 6.30. The Morgan fingerprint density at radius 3 is 2.24 bits per heavy atom. The van der Waals surface area contributed by atoms with Gasteiger partial charge in [-0.2, -0.15) is 5.26 Å². The first kappa shape index (κ1) is 19.4. The summed E-state index contributed by atoms with van der Waals surface area (Å²) in [6.07, 6.45) is 1.15. The fraction of sp³-hybridized carbons (Fsp3) is 0.632. The zero-order valence-electron chi connectivity index (χ0n) is 15.9. The van der Waals surface area contributed by atoms with Gasteiger partial charge < -0.3 is 14.2 Å². The molecular weight excluding hydrogens is 318 g/mol. The van der Waals surface area contributed by atoms with Gasteiger partial charge in [0.1, 0.15) is 6.04 Å². The van der Waals surface area contributed by atoms with Gasteiger partial charge in [0.15, 0.2) is 11.5 Å². The molecule has 1 aromatic carbocycles. The van der Waals surface area contributed by atoms with Crippen LogP contribution in [0.1, 0.15) is 31.9 Å². The molecule has 1 aromatic rings. The van der Waals surface area contributed by atoms with E-state index in [9.17, 15) is 5.26 Å². The summed E-state index contributed by atoms with van der Waals surface area (Å²) >= 11 is 0. The largest absolute Gasteiger partial charge is 0.493 e. The molecule has 2 rings (SSSR count). The van der Waals surface area contributed by atoms with Crippen molar-refractivity contribution >= 4 is 0 Å². The molecule has 0 N–H and O–H groups in total. The highest BCUT2D eigenvalue weighted by Crippen LogP contribution is 2.40. The summed E-state index contributed by atoms with van der Waals surface area (Å²) in [6.45, 7) is 8.26. The number of nitrogens with zero attached hydrogens (tertiary/aromatic N) is 3. The van der Waals surface area contributed by atoms with Crippen LogP contribution in [0.5, 0.6) is 17.2 Å². The van der Waals surface area contributed by atoms with Crippen LogP contribution >= 0.6 is 0 Å². The number of piperazine rings is 1. The number of benzene rings is 1. The van der Waals surface area contributed by atoms with E-state index in [0.29, 0.717) is 23.3 Å². The van der Waals surface area contributed by atoms with Gasteiger partial charge in [-0.25, -0.2) is 0 Å². The molecule has 0 amide bonds. The molecule has 0 bridgehead atoms. The molecular formula is C19H29N3O3. The molecule has 1 saturated heterocycles. The van der Waals surface area contributed by atoms with Gasteiger partial charge in [-0.1, -0.05) is 6.92 Å². The lowest BCUT2D eigenvalue weighted by Crippen LogP contribution is -2.52. The summed E-state index contributed by atoms with van der Waals surface area (Å²) in [7, 11) is 4.76. The monoisotopic (exact) mass is 347 g/mol. The number of rotatable bonds is 7. The standard InChI is InChI=1S/C19H29N3O3/c1-6-7-21-8-9-22(13-14(21)2)16(12-20)15-10-17(23-3)19(25-5)18(11-15)24-4/h10-11,14,16H,6-9,13H2,1-5H3. The Balaban J connectivity index is 2.28. The van der Waals surface area contributed by atoms with Crippen molar-refractivity contribution in [1.29, 1.82) is 5.26 Å². The molecule has 6 heteroatoms. The van der Waals surface area contributed by atoms with Gasteiger partial charge in [-0.05, 0) is 37.6 Å². The molecule has 2 unspecified atom stereocenters. The Morgan fingerprint density at radius 1 is 1.16 bits per heavy atom. The van der Waals surface area contributed by atoms with Crippen LogP contribution in [0.25, 0.3) is 0 Å². The Labute approximate surface area is 150 Å². The predicted molar refractivity (Wildman–Crippen MR) is 97.4 cm³/mol. The molecule has 138 valence electrons. The minimum atomic E-state index is -0.333. The Morgan fingerprint density at radius 2 is 1.80 bits per heavy atom. The molecule has 1 fully saturated rings. The second-order valence-corrected chi connectivity index (χ2v) is 6.37. The van der Waals surface area contributed by atoms with Crippen molar-refractivity contribution in [2.24, 2.45) is 0 Å². The Kier molecular flexibility index (Phi) is 6.91. The van der Waals surface area contributed by atoms with E-state index in [-0.39, 0.29) is 6.04 Å². The van der Waals surface area contributed by atoms with Crippen molar-refractivity contribution in [3.8, 4) is 23.3 Å². The number of nitriles is 1. The summed E-state index contributed by atoms with van der Waals surface area (Å²) in [5, 5.41) is 9.82. The normalized spacial score (nSPS) is 19.9. The summed E-state index contributed by atoms with van der Waals surface area (Å²) < 4.78 is 16.2. The lowest BCUT2D eigenvalue weighted by Gasteiger charge is -2.41. The quantitative estimate of drug-likeness (QED) is 0.756. The van der Waals surface area contributed by atoms with Crippen molar-refractivity contribution in [3.63, 3.8) is 0 Å². The Hall–Kier alpha value is -1.97. The van der Waals surface area contributed by atoms with Crippen molar-refractivity contribution in [3.05, 3.63) is 17.7 Å². The van der Waals surface area contributed by atoms with Crippen LogP contribution in [0.2, 0.25) is 0 Å². The van der Waals surface area contributed by atoms with E-state index in [2.05, 4.69) is 29.7 Å². The van der Waals surface area contributed by atoms with Gasteiger partial charge in [-0.3, -0.25) is 9.80 Å². The van der Waals surface area contributed by atoms with Crippen LogP contribution in [0, 0.1) is 11.3 Å². The third-order valence-corrected chi connectivity index (χ3v) is 4.80. The van der Waals surface area contributed by atoms with Gasteiger partial charge in [0.05, 0.1) is 27.4 Å². The van der Waals surface area contributed by atoms with Crippen LogP contribution < -0.4 is 14.2 Å². The van der Waals surface area contributed by atoms with Gasteiger partial charge in [0, 0.05) is 25.7 Å². The van der Waals surface area contributed by atoms with Crippen molar-refractivity contribution < 1.29 is 14.2 Å². The van der Waals surface area contributed by atoms with E-state index in [1.54, 1.807) is 21.3 Å². The molecule has 0 spiro atoms. The summed E-state index contributed by atoms with van der Waals surface area (Å²) in [5.74, 6) is 1.70. The highest BCUT2D eigenvalue weighted by atomic mass is 16.5. The van der Waals surface area contributed by atoms with Crippen LogP contribution in [0.3, 0.4) is 0 Å². The van der Waals surface area contributed by atoms with Crippen LogP contribution in [0.15, 0.2) is 12.1 Å². The number of ether oxygens (including phenoxy) is 3. The molecule has 1 aliphatic rings. The fourth-order valence-electron chi connectivity index (χ4n) is 3.50. The molecule has 0 radical (unpaired) electrons. The van der Waals surface area contributed by atoms with E-state index < -0.39 is 0 Å². The van der Waals surface area contributed by atoms with Gasteiger partial charge in [0.25, 0.3) is 0 Å². The minimum absolute atomic E-state index is 0.333. The maximum atomic E-state index is 9.82. The second kappa shape index (κ2) is 8.93. The number of methoxy groups -OCH3 is 3. The minimum Gasteiger partial charge on any atom is -0.493 e. The lowest BCUT2D eigenvalue weighted by molar-refractivity contribution is 0.0689. The van der Waals surface area contributed by atoms with Gasteiger partial charge in [0.2, 0.25) is 5.75 Å². The maximum absolute atomic E-state index is 9.82. The number of hydrogen-bond acceptors (Lipinski definition) is 6. The Bertz CT molecular complexity index is 589. The van der Waals surface area contributed by atoms with Gasteiger partial charge >= 0.3 is 0 Å². The first-order valence-electron chi connectivity index (χ1n) is 8.77. The smallest absolute Gasteiger partial charge is 0.203 e. The zero-order valence-corrected chi connectivity index (χ0v) is 15.9. The van der Waals surface area contributed by atoms with Crippen LogP contribution in [-0.4, -0.2) is 63.4 Å². The second-order valence-electron chi connectivity index (χ2n) is 6.37. The topological polar surface area (TPSA) is 58.0 Å². The average molecular weight is 347 g/mol. The van der Waals surface area contributed by atoms with Crippen LogP contribution in [0.4, 0.5) is 0 Å². The van der Waals surface area contributed by atoms with Gasteiger partial charge in [-0.15, -0.1) is 0 Å². The number of hydrogen-bond donors (Lipinski definition) is 0. The van der Waals surface area contributed by atoms with E-state index in [1.165, 1.54) is 0 Å². The fourth-order valence-corrected chi connectivity index (χ4v) is 3.50. The van der Waals surface area contributed by atoms with E-state index in [4.69, 9.17) is 14.2 Å². The van der Waals surface area contributed by atoms with E-state index >= 15 is 0 Å².